The van der Waals surface area contributed by atoms with Crippen LogP contribution >= 0.6 is 0 Å². The van der Waals surface area contributed by atoms with Gasteiger partial charge in [-0.3, -0.25) is 0 Å². The Labute approximate surface area is 124 Å². The maximum absolute atomic E-state index is 11.7. The van der Waals surface area contributed by atoms with Crippen molar-refractivity contribution in [1.29, 1.82) is 0 Å². The molecule has 0 aromatic heterocycles. The van der Waals surface area contributed by atoms with Crippen LogP contribution in [0.5, 0.6) is 0 Å². The second-order valence-corrected chi connectivity index (χ2v) is 6.97. The van der Waals surface area contributed by atoms with E-state index in [4.69, 9.17) is 0 Å². The molecule has 98 valence electrons. The number of rotatable bonds is 3. The van der Waals surface area contributed by atoms with E-state index in [1.807, 2.05) is 30.3 Å². The van der Waals surface area contributed by atoms with Crippen molar-refractivity contribution in [2.24, 2.45) is 0 Å². The zero-order chi connectivity index (χ0) is 13.9. The first-order chi connectivity index (χ1) is 9.75. The Kier molecular flexibility index (Phi) is 3.68. The van der Waals surface area contributed by atoms with Crippen molar-refractivity contribution in [1.82, 2.24) is 0 Å². The summed E-state index contributed by atoms with van der Waals surface area (Å²) in [5.74, 6) is 0.125. The first kappa shape index (κ1) is 13.1. The predicted molar refractivity (Wildman–Crippen MR) is 85.4 cm³/mol. The Morgan fingerprint density at radius 2 is 1.45 bits per heavy atom. The number of ketones is 1. The van der Waals surface area contributed by atoms with Crippen LogP contribution in [0.1, 0.15) is 17.3 Å². The van der Waals surface area contributed by atoms with Gasteiger partial charge in [0, 0.05) is 0 Å². The van der Waals surface area contributed by atoms with Gasteiger partial charge in [-0.2, -0.15) is 0 Å². The van der Waals surface area contributed by atoms with Crippen LogP contribution in [0, 0.1) is 0 Å². The molecule has 0 amide bonds. The van der Waals surface area contributed by atoms with Crippen LogP contribution in [0.25, 0.3) is 10.8 Å². The van der Waals surface area contributed by atoms with Crippen LogP contribution in [0.15, 0.2) is 66.7 Å². The molecule has 0 aliphatic carbocycles. The van der Waals surface area contributed by atoms with E-state index in [2.05, 4.69) is 36.4 Å². The Bertz CT molecular complexity index is 763. The second kappa shape index (κ2) is 5.62. The van der Waals surface area contributed by atoms with Gasteiger partial charge < -0.3 is 0 Å². The molecule has 2 heteroatoms. The summed E-state index contributed by atoms with van der Waals surface area (Å²) in [6.07, 6.45) is 0. The van der Waals surface area contributed by atoms with Crippen molar-refractivity contribution in [3.05, 3.63) is 72.3 Å². The number of hydrogen-bond acceptors (Lipinski definition) is 1. The molecule has 0 aliphatic rings. The van der Waals surface area contributed by atoms with Gasteiger partial charge in [0.05, 0.1) is 0 Å². The van der Waals surface area contributed by atoms with E-state index in [-0.39, 0.29) is 20.7 Å². The number of benzene rings is 3. The van der Waals surface area contributed by atoms with Crippen molar-refractivity contribution in [2.75, 3.05) is 0 Å². The molecule has 0 radical (unpaired) electrons. The molecule has 0 heterocycles. The van der Waals surface area contributed by atoms with E-state index >= 15 is 0 Å². The fraction of sp³-hybridized carbons (Fsp3) is 0.0556. The Hall–Kier alpha value is -1.89. The van der Waals surface area contributed by atoms with Gasteiger partial charge in [0.25, 0.3) is 0 Å². The van der Waals surface area contributed by atoms with Crippen LogP contribution in [0.2, 0.25) is 0 Å². The van der Waals surface area contributed by atoms with E-state index in [0.29, 0.717) is 0 Å². The predicted octanol–water partition coefficient (Wildman–Crippen LogP) is 2.70. The summed E-state index contributed by atoms with van der Waals surface area (Å²) in [7, 11) is 0. The standard InChI is InChI=1S/C18H14OSe/c1-13(19)15-11-12-18(17-10-6-5-9-16(15)17)20-14-7-3-2-4-8-14/h2-12H,1H3. The van der Waals surface area contributed by atoms with Gasteiger partial charge in [-0.15, -0.1) is 0 Å². The summed E-state index contributed by atoms with van der Waals surface area (Å²) < 4.78 is 2.67. The van der Waals surface area contributed by atoms with Gasteiger partial charge in [-0.25, -0.2) is 0 Å². The molecule has 1 nitrogen and oxygen atoms in total. The third kappa shape index (κ3) is 2.53. The molecule has 3 rings (SSSR count). The summed E-state index contributed by atoms with van der Waals surface area (Å²) in [4.78, 5) is 11.7. The summed E-state index contributed by atoms with van der Waals surface area (Å²) >= 11 is 0.260. The summed E-state index contributed by atoms with van der Waals surface area (Å²) in [6.45, 7) is 1.63. The SMILES string of the molecule is CC(=O)c1ccc([Se]c2ccccc2)c2ccccc12. The third-order valence-electron chi connectivity index (χ3n) is 3.23. The molecule has 0 unspecified atom stereocenters. The van der Waals surface area contributed by atoms with Crippen LogP contribution < -0.4 is 8.92 Å². The van der Waals surface area contributed by atoms with E-state index in [0.717, 1.165) is 10.9 Å². The van der Waals surface area contributed by atoms with Crippen LogP contribution in [-0.4, -0.2) is 20.7 Å². The number of carbonyl (C=O) groups excluding carboxylic acids is 1. The summed E-state index contributed by atoms with van der Waals surface area (Å²) in [5, 5.41) is 2.26. The second-order valence-electron chi connectivity index (χ2n) is 4.63. The molecule has 0 spiro atoms. The molecule has 0 saturated heterocycles. The topological polar surface area (TPSA) is 17.1 Å². The Morgan fingerprint density at radius 1 is 0.800 bits per heavy atom. The average Bonchev–Trinajstić information content (AvgIpc) is 2.48. The van der Waals surface area contributed by atoms with E-state index in [1.165, 1.54) is 14.3 Å². The zero-order valence-corrected chi connectivity index (χ0v) is 12.9. The van der Waals surface area contributed by atoms with Crippen molar-refractivity contribution in [2.45, 2.75) is 6.92 Å². The van der Waals surface area contributed by atoms with Gasteiger partial charge in [0.2, 0.25) is 0 Å². The van der Waals surface area contributed by atoms with Crippen molar-refractivity contribution < 1.29 is 4.79 Å². The number of Topliss-reactive ketones (excluding diaryl/α,β-unsaturated/α-hetero) is 1. The molecule has 0 atom stereocenters. The van der Waals surface area contributed by atoms with Crippen LogP contribution in [-0.2, 0) is 0 Å². The third-order valence-corrected chi connectivity index (χ3v) is 5.51. The Morgan fingerprint density at radius 3 is 2.15 bits per heavy atom. The molecule has 3 aromatic rings. The van der Waals surface area contributed by atoms with Gasteiger partial charge in [-0.05, 0) is 0 Å². The quantitative estimate of drug-likeness (QED) is 0.535. The monoisotopic (exact) mass is 326 g/mol. The van der Waals surface area contributed by atoms with Crippen molar-refractivity contribution in [3.8, 4) is 0 Å². The molecular weight excluding hydrogens is 311 g/mol. The summed E-state index contributed by atoms with van der Waals surface area (Å²) in [6, 6.07) is 22.8. The first-order valence-electron chi connectivity index (χ1n) is 6.51. The number of fused-ring (bicyclic) bond motifs is 1. The molecule has 0 saturated carbocycles. The summed E-state index contributed by atoms with van der Waals surface area (Å²) in [5.41, 5.74) is 0.813. The molecular formula is C18H14OSe. The van der Waals surface area contributed by atoms with E-state index in [1.54, 1.807) is 6.92 Å². The van der Waals surface area contributed by atoms with E-state index < -0.39 is 0 Å². The molecule has 0 bridgehead atoms. The molecule has 0 aliphatic heterocycles. The van der Waals surface area contributed by atoms with E-state index in [9.17, 15) is 4.79 Å². The molecule has 0 N–H and O–H groups in total. The fourth-order valence-electron chi connectivity index (χ4n) is 2.28. The van der Waals surface area contributed by atoms with Gasteiger partial charge in [-0.1, -0.05) is 0 Å². The zero-order valence-electron chi connectivity index (χ0n) is 11.2. The van der Waals surface area contributed by atoms with Crippen molar-refractivity contribution >= 4 is 40.4 Å². The van der Waals surface area contributed by atoms with Gasteiger partial charge in [0.1, 0.15) is 0 Å². The fourth-order valence-corrected chi connectivity index (χ4v) is 4.32. The molecule has 20 heavy (non-hydrogen) atoms. The number of carbonyl (C=O) groups is 1. The average molecular weight is 325 g/mol. The number of hydrogen-bond donors (Lipinski definition) is 0. The first-order valence-corrected chi connectivity index (χ1v) is 8.22. The normalized spacial score (nSPS) is 10.7. The molecule has 0 fully saturated rings. The van der Waals surface area contributed by atoms with Gasteiger partial charge in [0.15, 0.2) is 0 Å². The Balaban J connectivity index is 2.13. The maximum atomic E-state index is 11.7. The van der Waals surface area contributed by atoms with Crippen LogP contribution in [0.3, 0.4) is 0 Å². The molecule has 3 aromatic carbocycles. The minimum atomic E-state index is 0.125. The van der Waals surface area contributed by atoms with Crippen LogP contribution in [0.4, 0.5) is 0 Å². The minimum absolute atomic E-state index is 0.125. The van der Waals surface area contributed by atoms with Crippen molar-refractivity contribution in [3.63, 3.8) is 0 Å². The van der Waals surface area contributed by atoms with Gasteiger partial charge >= 0.3 is 124 Å².